The van der Waals surface area contributed by atoms with Crippen molar-refractivity contribution in [3.05, 3.63) is 12.2 Å². The monoisotopic (exact) mass is 220 g/mol. The summed E-state index contributed by atoms with van der Waals surface area (Å²) in [6, 6.07) is 0. The molecule has 2 aromatic heterocycles. The molecule has 0 fully saturated rings. The van der Waals surface area contributed by atoms with Gasteiger partial charge in [0.15, 0.2) is 11.2 Å². The van der Waals surface area contributed by atoms with Gasteiger partial charge in [0.25, 0.3) is 0 Å². The number of nitrogens with zero attached hydrogens (tertiary/aromatic N) is 4. The first-order valence-corrected chi connectivity index (χ1v) is 5.19. The molecule has 0 unspecified atom stereocenters. The van der Waals surface area contributed by atoms with E-state index < -0.39 is 0 Å². The predicted octanol–water partition coefficient (Wildman–Crippen LogP) is 1.90. The predicted molar refractivity (Wildman–Crippen MR) is 61.6 cm³/mol. The number of methoxy groups -OCH3 is 1. The van der Waals surface area contributed by atoms with Crippen LogP contribution < -0.4 is 4.74 Å². The van der Waals surface area contributed by atoms with E-state index >= 15 is 0 Å². The summed E-state index contributed by atoms with van der Waals surface area (Å²) in [7, 11) is 1.59. The highest BCUT2D eigenvalue weighted by molar-refractivity contribution is 5.76. The van der Waals surface area contributed by atoms with E-state index in [2.05, 4.69) is 35.7 Å². The van der Waals surface area contributed by atoms with Crippen molar-refractivity contribution in [2.75, 3.05) is 7.11 Å². The molecule has 5 nitrogen and oxygen atoms in total. The Morgan fingerprint density at radius 1 is 1.25 bits per heavy atom. The van der Waals surface area contributed by atoms with Crippen molar-refractivity contribution >= 4 is 11.2 Å². The molecule has 2 rings (SSSR count). The fraction of sp³-hybridized carbons (Fsp3) is 0.545. The second-order valence-electron chi connectivity index (χ2n) is 4.74. The summed E-state index contributed by atoms with van der Waals surface area (Å²) >= 11 is 0. The van der Waals surface area contributed by atoms with Gasteiger partial charge in [-0.05, 0) is 27.7 Å². The fourth-order valence-electron chi connectivity index (χ4n) is 1.61. The summed E-state index contributed by atoms with van der Waals surface area (Å²) in [6.45, 7) is 8.18. The van der Waals surface area contributed by atoms with Gasteiger partial charge in [-0.3, -0.25) is 0 Å². The molecule has 0 saturated carbocycles. The Kier molecular flexibility index (Phi) is 2.33. The first-order chi connectivity index (χ1) is 7.43. The van der Waals surface area contributed by atoms with Crippen molar-refractivity contribution in [2.45, 2.75) is 33.2 Å². The van der Waals surface area contributed by atoms with Gasteiger partial charge in [0, 0.05) is 5.54 Å². The van der Waals surface area contributed by atoms with Gasteiger partial charge >= 0.3 is 0 Å². The van der Waals surface area contributed by atoms with Crippen LogP contribution in [0.15, 0.2) is 6.33 Å². The molecule has 86 valence electrons. The molecule has 16 heavy (non-hydrogen) atoms. The average Bonchev–Trinajstić information content (AvgIpc) is 2.58. The lowest BCUT2D eigenvalue weighted by Crippen LogP contribution is -2.21. The number of fused-ring (bicyclic) bond motifs is 1. The molecule has 2 aromatic rings. The number of ether oxygens (including phenoxy) is 1. The van der Waals surface area contributed by atoms with Crippen molar-refractivity contribution in [1.82, 2.24) is 19.5 Å². The Hall–Kier alpha value is -1.65. The van der Waals surface area contributed by atoms with Crippen LogP contribution in [0.25, 0.3) is 11.2 Å². The minimum absolute atomic E-state index is 0.0550. The lowest BCUT2D eigenvalue weighted by atomic mass is 10.1. The highest BCUT2D eigenvalue weighted by Crippen LogP contribution is 2.25. The van der Waals surface area contributed by atoms with Gasteiger partial charge in [-0.1, -0.05) is 0 Å². The lowest BCUT2D eigenvalue weighted by Gasteiger charge is -2.20. The molecule has 0 saturated heterocycles. The molecule has 2 heterocycles. The summed E-state index contributed by atoms with van der Waals surface area (Å²) in [5.74, 6) is 1.22. The number of aryl methyl sites for hydroxylation is 1. The highest BCUT2D eigenvalue weighted by atomic mass is 16.5. The maximum absolute atomic E-state index is 5.21. The minimum atomic E-state index is -0.0550. The number of aromatic nitrogens is 4. The number of hydrogen-bond donors (Lipinski definition) is 0. The quantitative estimate of drug-likeness (QED) is 0.736. The molecule has 0 aromatic carbocycles. The molecular weight excluding hydrogens is 204 g/mol. The molecule has 0 radical (unpaired) electrons. The van der Waals surface area contributed by atoms with Crippen LogP contribution >= 0.6 is 0 Å². The largest absolute Gasteiger partial charge is 0.479 e. The van der Waals surface area contributed by atoms with Crippen LogP contribution in [0, 0.1) is 6.92 Å². The molecule has 0 aliphatic heterocycles. The minimum Gasteiger partial charge on any atom is -0.479 e. The van der Waals surface area contributed by atoms with Crippen LogP contribution in [-0.4, -0.2) is 26.6 Å². The van der Waals surface area contributed by atoms with Crippen LogP contribution in [0.5, 0.6) is 5.88 Å². The number of imidazole rings is 1. The van der Waals surface area contributed by atoms with E-state index in [4.69, 9.17) is 4.74 Å². The summed E-state index contributed by atoms with van der Waals surface area (Å²) in [4.78, 5) is 12.9. The van der Waals surface area contributed by atoms with Gasteiger partial charge < -0.3 is 9.30 Å². The van der Waals surface area contributed by atoms with Gasteiger partial charge in [-0.2, -0.15) is 4.98 Å². The Labute approximate surface area is 94.5 Å². The fourth-order valence-corrected chi connectivity index (χ4v) is 1.61. The average molecular weight is 220 g/mol. The standard InChI is InChI=1S/C11H16N4O/c1-7-13-9-8(10(14-7)16-5)12-6-15(9)11(2,3)4/h6H,1-5H3. The van der Waals surface area contributed by atoms with Crippen molar-refractivity contribution in [2.24, 2.45) is 0 Å². The maximum Gasteiger partial charge on any atom is 0.245 e. The zero-order valence-corrected chi connectivity index (χ0v) is 10.3. The Balaban J connectivity index is 2.77. The SMILES string of the molecule is COc1nc(C)nc2c1ncn2C(C)(C)C. The van der Waals surface area contributed by atoms with E-state index in [1.165, 1.54) is 0 Å². The number of rotatable bonds is 1. The first kappa shape index (κ1) is 10.9. The molecule has 5 heteroatoms. The third kappa shape index (κ3) is 1.62. The number of hydrogen-bond acceptors (Lipinski definition) is 4. The molecule has 0 spiro atoms. The van der Waals surface area contributed by atoms with Gasteiger partial charge in [0.1, 0.15) is 5.82 Å². The van der Waals surface area contributed by atoms with E-state index in [9.17, 15) is 0 Å². The van der Waals surface area contributed by atoms with Crippen LogP contribution in [0.4, 0.5) is 0 Å². The lowest BCUT2D eigenvalue weighted by molar-refractivity contribution is 0.397. The molecule has 0 bridgehead atoms. The smallest absolute Gasteiger partial charge is 0.245 e. The first-order valence-electron chi connectivity index (χ1n) is 5.19. The van der Waals surface area contributed by atoms with Crippen LogP contribution in [0.1, 0.15) is 26.6 Å². The second-order valence-corrected chi connectivity index (χ2v) is 4.74. The van der Waals surface area contributed by atoms with Crippen LogP contribution in [-0.2, 0) is 5.54 Å². The van der Waals surface area contributed by atoms with Crippen LogP contribution in [0.3, 0.4) is 0 Å². The highest BCUT2D eigenvalue weighted by Gasteiger charge is 2.19. The third-order valence-corrected chi connectivity index (χ3v) is 2.39. The molecule has 0 aliphatic carbocycles. The third-order valence-electron chi connectivity index (χ3n) is 2.39. The van der Waals surface area contributed by atoms with Crippen molar-refractivity contribution in [1.29, 1.82) is 0 Å². The van der Waals surface area contributed by atoms with Gasteiger partial charge in [0.05, 0.1) is 13.4 Å². The normalized spacial score (nSPS) is 12.1. The van der Waals surface area contributed by atoms with E-state index in [-0.39, 0.29) is 5.54 Å². The van der Waals surface area contributed by atoms with Gasteiger partial charge in [0.2, 0.25) is 5.88 Å². The van der Waals surface area contributed by atoms with Crippen molar-refractivity contribution in [3.63, 3.8) is 0 Å². The van der Waals surface area contributed by atoms with Gasteiger partial charge in [-0.15, -0.1) is 0 Å². The molecule has 0 N–H and O–H groups in total. The Morgan fingerprint density at radius 2 is 1.94 bits per heavy atom. The summed E-state index contributed by atoms with van der Waals surface area (Å²) in [6.07, 6.45) is 1.78. The zero-order valence-electron chi connectivity index (χ0n) is 10.3. The molecule has 0 amide bonds. The van der Waals surface area contributed by atoms with E-state index in [0.29, 0.717) is 17.2 Å². The van der Waals surface area contributed by atoms with E-state index in [1.807, 2.05) is 11.5 Å². The summed E-state index contributed by atoms with van der Waals surface area (Å²) < 4.78 is 7.23. The molecule has 0 atom stereocenters. The second kappa shape index (κ2) is 3.43. The molecular formula is C11H16N4O. The maximum atomic E-state index is 5.21. The van der Waals surface area contributed by atoms with Crippen LogP contribution in [0.2, 0.25) is 0 Å². The Bertz CT molecular complexity index is 524. The van der Waals surface area contributed by atoms with Gasteiger partial charge in [-0.25, -0.2) is 9.97 Å². The zero-order chi connectivity index (χ0) is 11.9. The van der Waals surface area contributed by atoms with E-state index in [1.54, 1.807) is 13.4 Å². The Morgan fingerprint density at radius 3 is 2.50 bits per heavy atom. The van der Waals surface area contributed by atoms with Crippen molar-refractivity contribution in [3.8, 4) is 5.88 Å². The van der Waals surface area contributed by atoms with Crippen molar-refractivity contribution < 1.29 is 4.74 Å². The topological polar surface area (TPSA) is 52.8 Å². The summed E-state index contributed by atoms with van der Waals surface area (Å²) in [5, 5.41) is 0. The van der Waals surface area contributed by atoms with E-state index in [0.717, 1.165) is 5.65 Å². The molecule has 0 aliphatic rings. The summed E-state index contributed by atoms with van der Waals surface area (Å²) in [5.41, 5.74) is 1.47.